The molecule has 0 aliphatic heterocycles. The van der Waals surface area contributed by atoms with Crippen LogP contribution in [0.15, 0.2) is 46.2 Å². The van der Waals surface area contributed by atoms with Crippen LogP contribution >= 0.6 is 22.9 Å². The fourth-order valence-corrected chi connectivity index (χ4v) is 3.56. The van der Waals surface area contributed by atoms with E-state index in [-0.39, 0.29) is 20.5 Å². The molecule has 0 aromatic carbocycles. The number of aryl methyl sites for hydroxylation is 1. The van der Waals surface area contributed by atoms with Crippen LogP contribution in [0.5, 0.6) is 0 Å². The third-order valence-electron chi connectivity index (χ3n) is 3.99. The highest BCUT2D eigenvalue weighted by Gasteiger charge is 2.16. The number of anilines is 1. The van der Waals surface area contributed by atoms with E-state index in [9.17, 15) is 27.6 Å². The third kappa shape index (κ3) is 5.45. The van der Waals surface area contributed by atoms with E-state index in [1.54, 1.807) is 19.3 Å². The Kier molecular flexibility index (Phi) is 6.68. The molecule has 3 aromatic rings. The summed E-state index contributed by atoms with van der Waals surface area (Å²) in [5.41, 5.74) is -0.811. The molecule has 0 bridgehead atoms. The second-order valence-electron chi connectivity index (χ2n) is 6.29. The second kappa shape index (κ2) is 9.24. The quantitative estimate of drug-likeness (QED) is 0.598. The molecule has 0 aliphatic rings. The minimum Gasteiger partial charge on any atom is -0.320 e. The number of carbonyl (C=O) groups is 1. The zero-order valence-corrected chi connectivity index (χ0v) is 17.4. The summed E-state index contributed by atoms with van der Waals surface area (Å²) in [6.07, 6.45) is -0.376. The van der Waals surface area contributed by atoms with E-state index < -0.39 is 30.3 Å². The van der Waals surface area contributed by atoms with Crippen LogP contribution in [0.3, 0.4) is 0 Å². The molecule has 0 radical (unpaired) electrons. The SMILES string of the molecule is Cn1ccc(C#Cc2cc(C(=O)Nc3cc(F)c(=O)n(CC(F)F)c3)sc2Cl)cc1=O. The van der Waals surface area contributed by atoms with Crippen molar-refractivity contribution in [3.63, 3.8) is 0 Å². The van der Waals surface area contributed by atoms with Gasteiger partial charge in [-0.3, -0.25) is 14.4 Å². The number of alkyl halides is 2. The van der Waals surface area contributed by atoms with Gasteiger partial charge < -0.3 is 14.5 Å². The summed E-state index contributed by atoms with van der Waals surface area (Å²) in [7, 11) is 1.60. The van der Waals surface area contributed by atoms with E-state index in [0.717, 1.165) is 23.6 Å². The maximum atomic E-state index is 13.7. The van der Waals surface area contributed by atoms with Gasteiger partial charge in [-0.25, -0.2) is 13.2 Å². The Bertz CT molecular complexity index is 1340. The van der Waals surface area contributed by atoms with Crippen LogP contribution in [0.2, 0.25) is 4.34 Å². The molecule has 3 aromatic heterocycles. The van der Waals surface area contributed by atoms with Gasteiger partial charge in [-0.05, 0) is 12.1 Å². The summed E-state index contributed by atoms with van der Waals surface area (Å²) in [6.45, 7) is -1.01. The lowest BCUT2D eigenvalue weighted by molar-refractivity contribution is 0.103. The zero-order chi connectivity index (χ0) is 22.7. The van der Waals surface area contributed by atoms with Crippen molar-refractivity contribution in [2.24, 2.45) is 7.05 Å². The molecule has 6 nitrogen and oxygen atoms in total. The molecule has 0 saturated carbocycles. The van der Waals surface area contributed by atoms with Crippen LogP contribution in [0, 0.1) is 17.7 Å². The molecular formula is C20H13ClF3N3O3S. The van der Waals surface area contributed by atoms with Crippen molar-refractivity contribution < 1.29 is 18.0 Å². The Morgan fingerprint density at radius 2 is 2.00 bits per heavy atom. The maximum Gasteiger partial charge on any atom is 0.286 e. The molecule has 160 valence electrons. The van der Waals surface area contributed by atoms with E-state index in [0.29, 0.717) is 15.7 Å². The molecule has 31 heavy (non-hydrogen) atoms. The van der Waals surface area contributed by atoms with Crippen LogP contribution in [0.25, 0.3) is 0 Å². The number of halogens is 4. The molecule has 0 spiro atoms. The van der Waals surface area contributed by atoms with E-state index in [1.165, 1.54) is 16.7 Å². The molecule has 1 amide bonds. The van der Waals surface area contributed by atoms with Crippen molar-refractivity contribution in [1.29, 1.82) is 0 Å². The van der Waals surface area contributed by atoms with Crippen molar-refractivity contribution in [2.45, 2.75) is 13.0 Å². The lowest BCUT2D eigenvalue weighted by Gasteiger charge is -2.09. The van der Waals surface area contributed by atoms with Gasteiger partial charge in [0.05, 0.1) is 22.7 Å². The first-order chi connectivity index (χ1) is 14.6. The summed E-state index contributed by atoms with van der Waals surface area (Å²) in [4.78, 5) is 35.8. The number of amides is 1. The lowest BCUT2D eigenvalue weighted by Crippen LogP contribution is -2.26. The van der Waals surface area contributed by atoms with Gasteiger partial charge in [-0.2, -0.15) is 0 Å². The molecule has 3 rings (SSSR count). The predicted octanol–water partition coefficient (Wildman–Crippen LogP) is 3.32. The highest BCUT2D eigenvalue weighted by Crippen LogP contribution is 2.27. The number of thiophene rings is 1. The molecule has 0 atom stereocenters. The molecule has 1 N–H and O–H groups in total. The number of aromatic nitrogens is 2. The van der Waals surface area contributed by atoms with Gasteiger partial charge in [0.1, 0.15) is 4.34 Å². The minimum absolute atomic E-state index is 0.130. The molecule has 11 heteroatoms. The van der Waals surface area contributed by atoms with Crippen LogP contribution in [0.1, 0.15) is 20.8 Å². The van der Waals surface area contributed by atoms with E-state index >= 15 is 0 Å². The largest absolute Gasteiger partial charge is 0.320 e. The van der Waals surface area contributed by atoms with Gasteiger partial charge in [0.2, 0.25) is 0 Å². The molecule has 3 heterocycles. The number of hydrogen-bond donors (Lipinski definition) is 1. The zero-order valence-electron chi connectivity index (χ0n) is 15.8. The van der Waals surface area contributed by atoms with Crippen LogP contribution < -0.4 is 16.4 Å². The van der Waals surface area contributed by atoms with Gasteiger partial charge in [-0.1, -0.05) is 23.4 Å². The van der Waals surface area contributed by atoms with Crippen molar-refractivity contribution in [1.82, 2.24) is 9.13 Å². The fraction of sp³-hybridized carbons (Fsp3) is 0.150. The van der Waals surface area contributed by atoms with Crippen molar-refractivity contribution >= 4 is 34.5 Å². The Morgan fingerprint density at radius 3 is 2.68 bits per heavy atom. The summed E-state index contributed by atoms with van der Waals surface area (Å²) in [6, 6.07) is 5.14. The van der Waals surface area contributed by atoms with Crippen molar-refractivity contribution in [2.75, 3.05) is 5.32 Å². The molecular weight excluding hydrogens is 455 g/mol. The highest BCUT2D eigenvalue weighted by molar-refractivity contribution is 7.18. The standard InChI is InChI=1S/C20H13ClF3N3O3S/c1-26-5-4-11(6-17(26)28)2-3-12-7-15(31-18(12)21)19(29)25-13-8-14(22)20(30)27(9-13)10-16(23)24/h4-9,16H,10H2,1H3,(H,25,29). The number of hydrogen-bond acceptors (Lipinski definition) is 4. The lowest BCUT2D eigenvalue weighted by atomic mass is 10.2. The fourth-order valence-electron chi connectivity index (χ4n) is 2.48. The summed E-state index contributed by atoms with van der Waals surface area (Å²) >= 11 is 7.03. The first kappa shape index (κ1) is 22.4. The number of rotatable bonds is 4. The van der Waals surface area contributed by atoms with E-state index in [1.807, 2.05) is 0 Å². The van der Waals surface area contributed by atoms with Crippen LogP contribution in [0.4, 0.5) is 18.9 Å². The maximum absolute atomic E-state index is 13.7. The first-order valence-corrected chi connectivity index (χ1v) is 9.81. The average Bonchev–Trinajstić information content (AvgIpc) is 3.07. The van der Waals surface area contributed by atoms with Gasteiger partial charge in [-0.15, -0.1) is 11.3 Å². The van der Waals surface area contributed by atoms with E-state index in [2.05, 4.69) is 17.2 Å². The Balaban J connectivity index is 1.82. The third-order valence-corrected chi connectivity index (χ3v) is 5.35. The molecule has 0 unspecified atom stereocenters. The summed E-state index contributed by atoms with van der Waals surface area (Å²) in [5, 5.41) is 2.34. The predicted molar refractivity (Wildman–Crippen MR) is 112 cm³/mol. The van der Waals surface area contributed by atoms with Crippen molar-refractivity contribution in [3.05, 3.63) is 83.5 Å². The number of nitrogens with zero attached hydrogens (tertiary/aromatic N) is 2. The molecule has 0 aliphatic carbocycles. The Labute approximate surface area is 182 Å². The van der Waals surface area contributed by atoms with Gasteiger partial charge in [0.25, 0.3) is 23.5 Å². The second-order valence-corrected chi connectivity index (χ2v) is 7.95. The normalized spacial score (nSPS) is 10.6. The Hall–Kier alpha value is -3.29. The molecule has 0 saturated heterocycles. The van der Waals surface area contributed by atoms with Crippen LogP contribution in [-0.2, 0) is 13.6 Å². The topological polar surface area (TPSA) is 73.1 Å². The average molecular weight is 468 g/mol. The summed E-state index contributed by atoms with van der Waals surface area (Å²) in [5.74, 6) is 3.59. The molecule has 0 fully saturated rings. The van der Waals surface area contributed by atoms with Gasteiger partial charge >= 0.3 is 0 Å². The first-order valence-electron chi connectivity index (χ1n) is 8.61. The van der Waals surface area contributed by atoms with E-state index in [4.69, 9.17) is 11.6 Å². The number of nitrogens with one attached hydrogen (secondary N) is 1. The van der Waals surface area contributed by atoms with Crippen LogP contribution in [-0.4, -0.2) is 21.5 Å². The van der Waals surface area contributed by atoms with Gasteiger partial charge in [0.15, 0.2) is 5.82 Å². The highest BCUT2D eigenvalue weighted by atomic mass is 35.5. The monoisotopic (exact) mass is 467 g/mol. The smallest absolute Gasteiger partial charge is 0.286 e. The Morgan fingerprint density at radius 1 is 1.26 bits per heavy atom. The number of pyridine rings is 2. The number of carbonyl (C=O) groups excluding carboxylic acids is 1. The minimum atomic E-state index is -2.87. The van der Waals surface area contributed by atoms with Gasteiger partial charge in [0, 0.05) is 37.1 Å². The summed E-state index contributed by atoms with van der Waals surface area (Å²) < 4.78 is 40.9. The van der Waals surface area contributed by atoms with Crippen molar-refractivity contribution in [3.8, 4) is 11.8 Å².